The number of ether oxygens (including phenoxy) is 2. The molecular formula is C11H12ClNO3. The molecule has 4 nitrogen and oxygen atoms in total. The Morgan fingerprint density at radius 1 is 1.31 bits per heavy atom. The van der Waals surface area contributed by atoms with Crippen molar-refractivity contribution in [3.05, 3.63) is 22.7 Å². The van der Waals surface area contributed by atoms with Gasteiger partial charge in [-0.15, -0.1) is 0 Å². The van der Waals surface area contributed by atoms with Gasteiger partial charge in [-0.3, -0.25) is 4.79 Å². The number of nitrogens with zero attached hydrogens (tertiary/aromatic N) is 1. The zero-order valence-corrected chi connectivity index (χ0v) is 9.87. The van der Waals surface area contributed by atoms with E-state index < -0.39 is 0 Å². The Balaban J connectivity index is 2.43. The van der Waals surface area contributed by atoms with Gasteiger partial charge in [-0.25, -0.2) is 0 Å². The van der Waals surface area contributed by atoms with Crippen LogP contribution in [0, 0.1) is 0 Å². The van der Waals surface area contributed by atoms with Crippen LogP contribution in [-0.4, -0.2) is 38.1 Å². The number of carbonyl (C=O) groups excluding carboxylic acids is 1. The first-order valence-corrected chi connectivity index (χ1v) is 5.28. The third kappa shape index (κ3) is 1.93. The summed E-state index contributed by atoms with van der Waals surface area (Å²) < 4.78 is 10.8. The fraction of sp³-hybridized carbons (Fsp3) is 0.364. The van der Waals surface area contributed by atoms with Crippen LogP contribution in [-0.2, 0) is 0 Å². The molecule has 86 valence electrons. The maximum absolute atomic E-state index is 11.8. The van der Waals surface area contributed by atoms with E-state index in [9.17, 15) is 4.79 Å². The highest BCUT2D eigenvalue weighted by Crippen LogP contribution is 2.38. The highest BCUT2D eigenvalue weighted by Gasteiger charge is 2.19. The van der Waals surface area contributed by atoms with Crippen LogP contribution >= 0.6 is 11.6 Å². The minimum Gasteiger partial charge on any atom is -0.486 e. The highest BCUT2D eigenvalue weighted by molar-refractivity contribution is 6.32. The fourth-order valence-corrected chi connectivity index (χ4v) is 1.76. The van der Waals surface area contributed by atoms with Crippen molar-refractivity contribution in [2.45, 2.75) is 0 Å². The molecule has 0 aromatic heterocycles. The Hall–Kier alpha value is -1.42. The third-order valence-electron chi connectivity index (χ3n) is 2.25. The predicted molar refractivity (Wildman–Crippen MR) is 60.5 cm³/mol. The number of rotatable bonds is 1. The largest absolute Gasteiger partial charge is 0.486 e. The lowest BCUT2D eigenvalue weighted by Crippen LogP contribution is -2.22. The molecule has 5 heteroatoms. The van der Waals surface area contributed by atoms with Crippen molar-refractivity contribution in [3.8, 4) is 11.5 Å². The Morgan fingerprint density at radius 3 is 2.69 bits per heavy atom. The van der Waals surface area contributed by atoms with E-state index in [0.717, 1.165) is 0 Å². The van der Waals surface area contributed by atoms with Crippen molar-refractivity contribution in [3.63, 3.8) is 0 Å². The van der Waals surface area contributed by atoms with Crippen molar-refractivity contribution in [2.75, 3.05) is 27.3 Å². The molecule has 0 saturated carbocycles. The van der Waals surface area contributed by atoms with Gasteiger partial charge in [-0.1, -0.05) is 11.6 Å². The maximum atomic E-state index is 11.8. The molecule has 1 heterocycles. The van der Waals surface area contributed by atoms with Gasteiger partial charge in [0.15, 0.2) is 11.5 Å². The van der Waals surface area contributed by atoms with Gasteiger partial charge in [0.2, 0.25) is 0 Å². The second-order valence-electron chi connectivity index (χ2n) is 3.68. The summed E-state index contributed by atoms with van der Waals surface area (Å²) >= 11 is 6.02. The minimum absolute atomic E-state index is 0.112. The molecule has 0 atom stereocenters. The van der Waals surface area contributed by atoms with E-state index in [2.05, 4.69) is 0 Å². The summed E-state index contributed by atoms with van der Waals surface area (Å²) in [6.07, 6.45) is 0. The van der Waals surface area contributed by atoms with Crippen LogP contribution < -0.4 is 9.47 Å². The molecule has 0 aliphatic carbocycles. The van der Waals surface area contributed by atoms with E-state index in [1.54, 1.807) is 26.2 Å². The van der Waals surface area contributed by atoms with Crippen LogP contribution in [0.25, 0.3) is 0 Å². The average Bonchev–Trinajstić information content (AvgIpc) is 2.28. The number of benzene rings is 1. The molecule has 1 aromatic carbocycles. The SMILES string of the molecule is CN(C)C(=O)c1cc(Cl)c2c(c1)OCCO2. The first-order valence-electron chi connectivity index (χ1n) is 4.90. The molecular weight excluding hydrogens is 230 g/mol. The average molecular weight is 242 g/mol. The smallest absolute Gasteiger partial charge is 0.253 e. The van der Waals surface area contributed by atoms with Gasteiger partial charge in [0.1, 0.15) is 13.2 Å². The summed E-state index contributed by atoms with van der Waals surface area (Å²) in [5, 5.41) is 0.405. The van der Waals surface area contributed by atoms with Crippen molar-refractivity contribution >= 4 is 17.5 Å². The standard InChI is InChI=1S/C11H12ClNO3/c1-13(2)11(14)7-5-8(12)10-9(6-7)15-3-4-16-10/h5-6H,3-4H2,1-2H3. The lowest BCUT2D eigenvalue weighted by atomic mass is 10.1. The zero-order valence-electron chi connectivity index (χ0n) is 9.12. The molecule has 0 saturated heterocycles. The number of fused-ring (bicyclic) bond motifs is 1. The zero-order chi connectivity index (χ0) is 11.7. The van der Waals surface area contributed by atoms with Crippen LogP contribution in [0.5, 0.6) is 11.5 Å². The minimum atomic E-state index is -0.112. The molecule has 16 heavy (non-hydrogen) atoms. The van der Waals surface area contributed by atoms with E-state index in [-0.39, 0.29) is 5.91 Å². The van der Waals surface area contributed by atoms with E-state index in [4.69, 9.17) is 21.1 Å². The Kier molecular flexibility index (Phi) is 2.92. The molecule has 0 N–H and O–H groups in total. The molecule has 0 unspecified atom stereocenters. The second-order valence-corrected chi connectivity index (χ2v) is 4.09. The highest BCUT2D eigenvalue weighted by atomic mass is 35.5. The molecule has 1 aliphatic heterocycles. The first kappa shape index (κ1) is 11.1. The summed E-state index contributed by atoms with van der Waals surface area (Å²) in [7, 11) is 3.38. The molecule has 0 bridgehead atoms. The van der Waals surface area contributed by atoms with Crippen LogP contribution in [0.1, 0.15) is 10.4 Å². The van der Waals surface area contributed by atoms with E-state index >= 15 is 0 Å². The molecule has 1 aromatic rings. The number of hydrogen-bond acceptors (Lipinski definition) is 3. The topological polar surface area (TPSA) is 38.8 Å². The maximum Gasteiger partial charge on any atom is 0.253 e. The van der Waals surface area contributed by atoms with Crippen LogP contribution in [0.4, 0.5) is 0 Å². The summed E-state index contributed by atoms with van der Waals surface area (Å²) in [5.74, 6) is 0.936. The van der Waals surface area contributed by atoms with Crippen molar-refractivity contribution < 1.29 is 14.3 Å². The normalized spacial score (nSPS) is 13.4. The quantitative estimate of drug-likeness (QED) is 0.753. The van der Waals surface area contributed by atoms with E-state index in [1.807, 2.05) is 0 Å². The van der Waals surface area contributed by atoms with Gasteiger partial charge in [-0.2, -0.15) is 0 Å². The van der Waals surface area contributed by atoms with E-state index in [1.165, 1.54) is 4.90 Å². The van der Waals surface area contributed by atoms with Gasteiger partial charge in [-0.05, 0) is 12.1 Å². The van der Waals surface area contributed by atoms with Crippen LogP contribution in [0.15, 0.2) is 12.1 Å². The molecule has 2 rings (SSSR count). The Labute approximate surface area is 98.7 Å². The summed E-state index contributed by atoms with van der Waals surface area (Å²) in [6.45, 7) is 0.955. The van der Waals surface area contributed by atoms with Gasteiger partial charge >= 0.3 is 0 Å². The van der Waals surface area contributed by atoms with Gasteiger partial charge in [0.05, 0.1) is 5.02 Å². The third-order valence-corrected chi connectivity index (χ3v) is 2.53. The molecule has 0 spiro atoms. The summed E-state index contributed by atoms with van der Waals surface area (Å²) in [4.78, 5) is 13.2. The molecule has 1 aliphatic rings. The summed E-state index contributed by atoms with van der Waals surface area (Å²) in [5.41, 5.74) is 0.499. The number of hydrogen-bond donors (Lipinski definition) is 0. The Bertz CT molecular complexity index is 431. The van der Waals surface area contributed by atoms with Crippen molar-refractivity contribution in [1.29, 1.82) is 0 Å². The van der Waals surface area contributed by atoms with Crippen molar-refractivity contribution in [1.82, 2.24) is 4.90 Å². The van der Waals surface area contributed by atoms with Gasteiger partial charge in [0, 0.05) is 19.7 Å². The number of carbonyl (C=O) groups is 1. The molecule has 1 amide bonds. The second kappa shape index (κ2) is 4.22. The van der Waals surface area contributed by atoms with Gasteiger partial charge < -0.3 is 14.4 Å². The fourth-order valence-electron chi connectivity index (χ4n) is 1.49. The molecule has 0 radical (unpaired) electrons. The van der Waals surface area contributed by atoms with Crippen molar-refractivity contribution in [2.24, 2.45) is 0 Å². The Morgan fingerprint density at radius 2 is 2.00 bits per heavy atom. The summed E-state index contributed by atoms with van der Waals surface area (Å²) in [6, 6.07) is 3.25. The number of amides is 1. The first-order chi connectivity index (χ1) is 7.59. The number of halogens is 1. The van der Waals surface area contributed by atoms with Gasteiger partial charge in [0.25, 0.3) is 5.91 Å². The molecule has 0 fully saturated rings. The lowest BCUT2D eigenvalue weighted by molar-refractivity contribution is 0.0826. The van der Waals surface area contributed by atoms with Crippen LogP contribution in [0.2, 0.25) is 5.02 Å². The van der Waals surface area contributed by atoms with Crippen LogP contribution in [0.3, 0.4) is 0 Å². The predicted octanol–water partition coefficient (Wildman–Crippen LogP) is 1.81. The lowest BCUT2D eigenvalue weighted by Gasteiger charge is -2.20. The monoisotopic (exact) mass is 241 g/mol. The van der Waals surface area contributed by atoms with E-state index in [0.29, 0.717) is 35.3 Å².